The van der Waals surface area contributed by atoms with Crippen molar-refractivity contribution in [3.8, 4) is 0 Å². The van der Waals surface area contributed by atoms with Crippen LogP contribution in [0.5, 0.6) is 0 Å². The van der Waals surface area contributed by atoms with Crippen LogP contribution in [-0.2, 0) is 0 Å². The van der Waals surface area contributed by atoms with Crippen LogP contribution in [0, 0.1) is 0 Å². The maximum Gasteiger partial charge on any atom is 0.261 e. The van der Waals surface area contributed by atoms with Gasteiger partial charge in [0, 0.05) is 21.3 Å². The molecule has 1 amide bonds. The summed E-state index contributed by atoms with van der Waals surface area (Å²) < 4.78 is 2.34. The van der Waals surface area contributed by atoms with Gasteiger partial charge in [0.15, 0.2) is 0 Å². The molecule has 15 heavy (non-hydrogen) atoms. The Balaban J connectivity index is 2.17. The van der Waals surface area contributed by atoms with Gasteiger partial charge in [-0.05, 0) is 24.4 Å². The van der Waals surface area contributed by atoms with E-state index in [0.29, 0.717) is 5.88 Å². The van der Waals surface area contributed by atoms with Crippen molar-refractivity contribution in [1.29, 1.82) is 0 Å². The fraction of sp³-hybridized carbons (Fsp3) is 0.300. The summed E-state index contributed by atoms with van der Waals surface area (Å²) in [5.41, 5.74) is 0. The molecule has 0 aromatic carbocycles. The quantitative estimate of drug-likeness (QED) is 0.842. The number of rotatable bonds is 3. The van der Waals surface area contributed by atoms with E-state index in [0.717, 1.165) is 4.88 Å². The molecule has 0 aliphatic carbocycles. The van der Waals surface area contributed by atoms with Crippen molar-refractivity contribution in [3.63, 3.8) is 0 Å². The predicted octanol–water partition coefficient (Wildman–Crippen LogP) is 3.32. The molecule has 1 N–H and O–H groups in total. The topological polar surface area (TPSA) is 29.1 Å². The fourth-order valence-corrected chi connectivity index (χ4v) is 3.30. The van der Waals surface area contributed by atoms with Gasteiger partial charge in [0.2, 0.25) is 0 Å². The van der Waals surface area contributed by atoms with Gasteiger partial charge in [-0.15, -0.1) is 34.3 Å². The molecule has 2 rings (SSSR count). The minimum atomic E-state index is -0.0310. The maximum absolute atomic E-state index is 11.7. The zero-order valence-corrected chi connectivity index (χ0v) is 10.5. The smallest absolute Gasteiger partial charge is 0.261 e. The van der Waals surface area contributed by atoms with E-state index in [-0.39, 0.29) is 11.9 Å². The Hall–Kier alpha value is -0.580. The third-order valence-corrected chi connectivity index (χ3v) is 4.53. The van der Waals surface area contributed by atoms with Crippen LogP contribution in [-0.4, -0.2) is 17.8 Å². The molecule has 0 fully saturated rings. The van der Waals surface area contributed by atoms with E-state index in [1.807, 2.05) is 24.4 Å². The number of carbonyl (C=O) groups is 1. The molecule has 0 saturated carbocycles. The summed E-state index contributed by atoms with van der Waals surface area (Å²) in [6.45, 7) is 1.89. The van der Waals surface area contributed by atoms with Gasteiger partial charge < -0.3 is 5.32 Å². The van der Waals surface area contributed by atoms with E-state index in [2.05, 4.69) is 5.32 Å². The molecule has 0 aliphatic heterocycles. The lowest BCUT2D eigenvalue weighted by atomic mass is 10.3. The number of nitrogens with one attached hydrogen (secondary N) is 1. The van der Waals surface area contributed by atoms with E-state index >= 15 is 0 Å². The first kappa shape index (κ1) is 10.9. The molecule has 0 radical (unpaired) electrons. The fourth-order valence-electron chi connectivity index (χ4n) is 1.21. The molecule has 5 heteroatoms. The van der Waals surface area contributed by atoms with Crippen LogP contribution in [0.3, 0.4) is 0 Å². The number of hydrogen-bond donors (Lipinski definition) is 1. The second-order valence-corrected chi connectivity index (χ2v) is 5.63. The minimum absolute atomic E-state index is 0.0132. The summed E-state index contributed by atoms with van der Waals surface area (Å²) in [7, 11) is 0. The second-order valence-electron chi connectivity index (χ2n) is 3.29. The van der Waals surface area contributed by atoms with Crippen molar-refractivity contribution < 1.29 is 4.79 Å². The zero-order chi connectivity index (χ0) is 10.8. The van der Waals surface area contributed by atoms with E-state index in [1.54, 1.807) is 11.3 Å². The molecule has 0 spiro atoms. The highest BCUT2D eigenvalue weighted by Gasteiger charge is 2.12. The molecule has 0 bridgehead atoms. The van der Waals surface area contributed by atoms with Crippen LogP contribution in [0.15, 0.2) is 17.5 Å². The first-order chi connectivity index (χ1) is 7.20. The average Bonchev–Trinajstić information content (AvgIpc) is 2.76. The first-order valence-corrected chi connectivity index (χ1v) is 6.77. The molecule has 2 nitrogen and oxygen atoms in total. The monoisotopic (exact) mass is 259 g/mol. The Kier molecular flexibility index (Phi) is 3.29. The lowest BCUT2D eigenvalue weighted by Crippen LogP contribution is -2.33. The van der Waals surface area contributed by atoms with Crippen LogP contribution in [0.25, 0.3) is 9.40 Å². The van der Waals surface area contributed by atoms with Crippen LogP contribution in [0.1, 0.15) is 16.6 Å². The Morgan fingerprint density at radius 2 is 2.40 bits per heavy atom. The average molecular weight is 260 g/mol. The normalized spacial score (nSPS) is 12.9. The number of alkyl halides is 1. The molecule has 1 atom stereocenters. The van der Waals surface area contributed by atoms with Gasteiger partial charge in [-0.3, -0.25) is 4.79 Å². The van der Waals surface area contributed by atoms with E-state index in [9.17, 15) is 4.79 Å². The molecule has 2 aromatic rings. The Morgan fingerprint density at radius 1 is 1.60 bits per heavy atom. The molecule has 80 valence electrons. The highest BCUT2D eigenvalue weighted by molar-refractivity contribution is 7.27. The Morgan fingerprint density at radius 3 is 3.07 bits per heavy atom. The van der Waals surface area contributed by atoms with Crippen LogP contribution in [0.4, 0.5) is 0 Å². The van der Waals surface area contributed by atoms with Crippen molar-refractivity contribution in [2.24, 2.45) is 0 Å². The van der Waals surface area contributed by atoms with Gasteiger partial charge >= 0.3 is 0 Å². The van der Waals surface area contributed by atoms with Crippen molar-refractivity contribution >= 4 is 49.6 Å². The first-order valence-electron chi connectivity index (χ1n) is 4.54. The Labute approximate surface area is 101 Å². The second kappa shape index (κ2) is 4.51. The van der Waals surface area contributed by atoms with Crippen LogP contribution < -0.4 is 5.32 Å². The van der Waals surface area contributed by atoms with Gasteiger partial charge in [-0.1, -0.05) is 0 Å². The number of fused-ring (bicyclic) bond motifs is 1. The van der Waals surface area contributed by atoms with Crippen LogP contribution in [0.2, 0.25) is 0 Å². The van der Waals surface area contributed by atoms with Crippen molar-refractivity contribution in [2.75, 3.05) is 5.88 Å². The molecule has 0 aliphatic rings. The zero-order valence-electron chi connectivity index (χ0n) is 8.12. The molecular formula is C10H10ClNOS2. The van der Waals surface area contributed by atoms with E-state index in [4.69, 9.17) is 11.6 Å². The summed E-state index contributed by atoms with van der Waals surface area (Å²) in [5, 5.41) is 4.87. The van der Waals surface area contributed by atoms with E-state index in [1.165, 1.54) is 20.7 Å². The van der Waals surface area contributed by atoms with E-state index < -0.39 is 0 Å². The summed E-state index contributed by atoms with van der Waals surface area (Å²) in [4.78, 5) is 12.5. The standard InChI is InChI=1S/C10H10ClNOS2/c1-6(5-11)12-10(13)9-4-8-7(15-9)2-3-14-8/h2-4,6H,5H2,1H3,(H,12,13). The molecular weight excluding hydrogens is 250 g/mol. The molecule has 0 saturated heterocycles. The molecule has 2 heterocycles. The van der Waals surface area contributed by atoms with Gasteiger partial charge in [-0.2, -0.15) is 0 Å². The number of halogens is 1. The third kappa shape index (κ3) is 2.33. The van der Waals surface area contributed by atoms with Gasteiger partial charge in [0.25, 0.3) is 5.91 Å². The maximum atomic E-state index is 11.7. The summed E-state index contributed by atoms with van der Waals surface area (Å²) in [6.07, 6.45) is 0. The van der Waals surface area contributed by atoms with Crippen molar-refractivity contribution in [3.05, 3.63) is 22.4 Å². The summed E-state index contributed by atoms with van der Waals surface area (Å²) in [5.74, 6) is 0.405. The largest absolute Gasteiger partial charge is 0.348 e. The summed E-state index contributed by atoms with van der Waals surface area (Å²) in [6, 6.07) is 3.98. The van der Waals surface area contributed by atoms with Crippen molar-refractivity contribution in [2.45, 2.75) is 13.0 Å². The van der Waals surface area contributed by atoms with Gasteiger partial charge in [0.1, 0.15) is 0 Å². The third-order valence-electron chi connectivity index (χ3n) is 1.97. The highest BCUT2D eigenvalue weighted by Crippen LogP contribution is 2.29. The van der Waals surface area contributed by atoms with Crippen molar-refractivity contribution in [1.82, 2.24) is 5.32 Å². The van der Waals surface area contributed by atoms with Gasteiger partial charge in [-0.25, -0.2) is 0 Å². The predicted molar refractivity (Wildman–Crippen MR) is 67.4 cm³/mol. The molecule has 2 aromatic heterocycles. The highest BCUT2D eigenvalue weighted by atomic mass is 35.5. The lowest BCUT2D eigenvalue weighted by Gasteiger charge is -2.08. The number of amides is 1. The number of hydrogen-bond acceptors (Lipinski definition) is 3. The SMILES string of the molecule is CC(CCl)NC(=O)c1cc2sccc2s1. The van der Waals surface area contributed by atoms with Crippen LogP contribution >= 0.6 is 34.3 Å². The summed E-state index contributed by atoms with van der Waals surface area (Å²) >= 11 is 8.81. The molecule has 1 unspecified atom stereocenters. The minimum Gasteiger partial charge on any atom is -0.348 e. The number of thiophene rings is 2. The van der Waals surface area contributed by atoms with Gasteiger partial charge in [0.05, 0.1) is 4.88 Å². The Bertz CT molecular complexity index is 448. The lowest BCUT2D eigenvalue weighted by molar-refractivity contribution is 0.0947. The number of carbonyl (C=O) groups excluding carboxylic acids is 1.